The molecule has 1 heterocycles. The van der Waals surface area contributed by atoms with Crippen molar-refractivity contribution in [3.63, 3.8) is 0 Å². The highest BCUT2D eigenvalue weighted by Gasteiger charge is 2.31. The van der Waals surface area contributed by atoms with Crippen LogP contribution in [0.25, 0.3) is 0 Å². The molecule has 0 aromatic heterocycles. The topological polar surface area (TPSA) is 87.5 Å². The summed E-state index contributed by atoms with van der Waals surface area (Å²) in [6.45, 7) is 3.02. The van der Waals surface area contributed by atoms with E-state index in [1.54, 1.807) is 0 Å². The van der Waals surface area contributed by atoms with Crippen LogP contribution < -0.4 is 16.4 Å². The van der Waals surface area contributed by atoms with E-state index in [-0.39, 0.29) is 42.5 Å². The second kappa shape index (κ2) is 13.9. The van der Waals surface area contributed by atoms with Crippen molar-refractivity contribution >= 4 is 48.0 Å². The Morgan fingerprint density at radius 2 is 1.43 bits per heavy atom. The summed E-state index contributed by atoms with van der Waals surface area (Å²) < 4.78 is 0. The Morgan fingerprint density at radius 1 is 0.867 bits per heavy atom. The number of hydrogen-bond acceptors (Lipinski definition) is 4. The molecular formula is C22H36Cl2N4O2. The van der Waals surface area contributed by atoms with Crippen LogP contribution in [-0.2, 0) is 9.59 Å². The number of likely N-dealkylation sites (tertiary alicyclic amines) is 1. The van der Waals surface area contributed by atoms with Gasteiger partial charge in [0.15, 0.2) is 0 Å². The smallest absolute Gasteiger partial charge is 0.238 e. The van der Waals surface area contributed by atoms with Gasteiger partial charge in [-0.15, -0.1) is 24.8 Å². The van der Waals surface area contributed by atoms with Crippen molar-refractivity contribution in [2.45, 2.75) is 51.4 Å². The van der Waals surface area contributed by atoms with E-state index in [0.717, 1.165) is 43.7 Å². The Hall–Kier alpha value is -1.34. The van der Waals surface area contributed by atoms with Crippen molar-refractivity contribution in [1.29, 1.82) is 0 Å². The van der Waals surface area contributed by atoms with E-state index < -0.39 is 0 Å². The van der Waals surface area contributed by atoms with Crippen LogP contribution in [0.3, 0.4) is 0 Å². The maximum Gasteiger partial charge on any atom is 0.238 e. The first kappa shape index (κ1) is 26.7. The molecule has 0 radical (unpaired) electrons. The monoisotopic (exact) mass is 458 g/mol. The van der Waals surface area contributed by atoms with Crippen LogP contribution in [-0.4, -0.2) is 42.9 Å². The van der Waals surface area contributed by atoms with Gasteiger partial charge in [0.2, 0.25) is 11.8 Å². The van der Waals surface area contributed by atoms with Crippen molar-refractivity contribution in [3.8, 4) is 0 Å². The molecule has 0 unspecified atom stereocenters. The van der Waals surface area contributed by atoms with Crippen LogP contribution in [0.1, 0.15) is 51.4 Å². The third-order valence-electron chi connectivity index (χ3n) is 6.05. The number of amides is 2. The summed E-state index contributed by atoms with van der Waals surface area (Å²) in [5.74, 6) is 0.389. The van der Waals surface area contributed by atoms with E-state index in [0.29, 0.717) is 19.0 Å². The van der Waals surface area contributed by atoms with Crippen molar-refractivity contribution < 1.29 is 9.59 Å². The molecule has 1 aliphatic heterocycles. The van der Waals surface area contributed by atoms with Crippen molar-refractivity contribution in [2.24, 2.45) is 17.6 Å². The SMILES string of the molecule is Cl.Cl.NC[C@H]1CCC[C@H]1C(=O)Nc1ccc(NC(=O)CN2CCCCCCC2)cc1. The number of nitrogens with two attached hydrogens (primary N) is 1. The lowest BCUT2D eigenvalue weighted by molar-refractivity contribution is -0.121. The predicted octanol–water partition coefficient (Wildman–Crippen LogP) is 4.05. The summed E-state index contributed by atoms with van der Waals surface area (Å²) in [5.41, 5.74) is 7.30. The van der Waals surface area contributed by atoms with E-state index in [2.05, 4.69) is 15.5 Å². The number of carbonyl (C=O) groups excluding carboxylic acids is 2. The van der Waals surface area contributed by atoms with Gasteiger partial charge in [0.05, 0.1) is 6.54 Å². The standard InChI is InChI=1S/C22H34N4O2.2ClH/c23-15-17-7-6-8-20(17)22(28)25-19-11-9-18(10-12-19)24-21(27)16-26-13-4-2-1-3-5-14-26;;/h9-12,17,20H,1-8,13-16,23H2,(H,24,27)(H,25,28);2*1H/t17-,20-;;/m1../s1. The van der Waals surface area contributed by atoms with Gasteiger partial charge in [-0.2, -0.15) is 0 Å². The zero-order valence-corrected chi connectivity index (χ0v) is 19.2. The molecule has 2 fully saturated rings. The minimum absolute atomic E-state index is 0. The summed E-state index contributed by atoms with van der Waals surface area (Å²) in [5, 5.41) is 5.96. The van der Waals surface area contributed by atoms with Crippen molar-refractivity contribution in [2.75, 3.05) is 36.8 Å². The molecule has 3 rings (SSSR count). The number of rotatable bonds is 6. The van der Waals surface area contributed by atoms with Crippen LogP contribution in [0.4, 0.5) is 11.4 Å². The number of nitrogens with zero attached hydrogens (tertiary/aromatic N) is 1. The molecule has 2 aliphatic rings. The Morgan fingerprint density at radius 3 is 2.03 bits per heavy atom. The number of carbonyl (C=O) groups is 2. The van der Waals surface area contributed by atoms with E-state index in [1.807, 2.05) is 24.3 Å². The minimum atomic E-state index is 0. The fourth-order valence-corrected chi connectivity index (χ4v) is 4.41. The summed E-state index contributed by atoms with van der Waals surface area (Å²) in [6, 6.07) is 7.37. The second-order valence-corrected chi connectivity index (χ2v) is 8.19. The van der Waals surface area contributed by atoms with Crippen LogP contribution in [0.15, 0.2) is 24.3 Å². The lowest BCUT2D eigenvalue weighted by Crippen LogP contribution is -2.35. The predicted molar refractivity (Wildman–Crippen MR) is 128 cm³/mol. The number of nitrogens with one attached hydrogen (secondary N) is 2. The zero-order chi connectivity index (χ0) is 19.8. The molecule has 6 nitrogen and oxygen atoms in total. The molecule has 4 N–H and O–H groups in total. The highest BCUT2D eigenvalue weighted by atomic mass is 35.5. The fourth-order valence-electron chi connectivity index (χ4n) is 4.41. The minimum Gasteiger partial charge on any atom is -0.330 e. The molecule has 2 amide bonds. The number of benzene rings is 1. The number of halogens is 2. The summed E-state index contributed by atoms with van der Waals surface area (Å²) in [7, 11) is 0. The van der Waals surface area contributed by atoms with Gasteiger partial charge < -0.3 is 16.4 Å². The van der Waals surface area contributed by atoms with E-state index in [9.17, 15) is 9.59 Å². The molecule has 1 aromatic rings. The molecule has 2 atom stereocenters. The molecule has 0 spiro atoms. The first-order chi connectivity index (χ1) is 13.7. The van der Waals surface area contributed by atoms with Crippen LogP contribution in [0.2, 0.25) is 0 Å². The summed E-state index contributed by atoms with van der Waals surface area (Å²) in [6.07, 6.45) is 9.21. The van der Waals surface area contributed by atoms with Crippen LogP contribution >= 0.6 is 24.8 Å². The molecule has 1 aromatic carbocycles. The average Bonchev–Trinajstić information content (AvgIpc) is 3.14. The number of anilines is 2. The highest BCUT2D eigenvalue weighted by molar-refractivity contribution is 5.94. The van der Waals surface area contributed by atoms with Gasteiger partial charge >= 0.3 is 0 Å². The quantitative estimate of drug-likeness (QED) is 0.599. The lowest BCUT2D eigenvalue weighted by Gasteiger charge is -2.23. The van der Waals surface area contributed by atoms with Gasteiger partial charge in [-0.25, -0.2) is 0 Å². The van der Waals surface area contributed by atoms with Gasteiger partial charge in [-0.1, -0.05) is 25.7 Å². The molecule has 8 heteroatoms. The van der Waals surface area contributed by atoms with Crippen LogP contribution in [0.5, 0.6) is 0 Å². The fraction of sp³-hybridized carbons (Fsp3) is 0.636. The molecule has 0 bridgehead atoms. The van der Waals surface area contributed by atoms with E-state index in [1.165, 1.54) is 32.1 Å². The second-order valence-electron chi connectivity index (χ2n) is 8.19. The molecule has 170 valence electrons. The lowest BCUT2D eigenvalue weighted by atomic mass is 9.95. The van der Waals surface area contributed by atoms with Crippen molar-refractivity contribution in [1.82, 2.24) is 4.90 Å². The Bertz CT molecular complexity index is 649. The first-order valence-corrected chi connectivity index (χ1v) is 10.8. The van der Waals surface area contributed by atoms with Gasteiger partial charge in [0.25, 0.3) is 0 Å². The molecule has 1 saturated carbocycles. The molecular weight excluding hydrogens is 423 g/mol. The largest absolute Gasteiger partial charge is 0.330 e. The molecule has 30 heavy (non-hydrogen) atoms. The van der Waals surface area contributed by atoms with E-state index in [4.69, 9.17) is 5.73 Å². The van der Waals surface area contributed by atoms with Gasteiger partial charge in [-0.05, 0) is 75.5 Å². The van der Waals surface area contributed by atoms with Crippen molar-refractivity contribution in [3.05, 3.63) is 24.3 Å². The highest BCUT2D eigenvalue weighted by Crippen LogP contribution is 2.32. The van der Waals surface area contributed by atoms with Gasteiger partial charge in [0.1, 0.15) is 0 Å². The Balaban J connectivity index is 0.00000225. The average molecular weight is 459 g/mol. The number of hydrogen-bond donors (Lipinski definition) is 3. The van der Waals surface area contributed by atoms with E-state index >= 15 is 0 Å². The summed E-state index contributed by atoms with van der Waals surface area (Å²) in [4.78, 5) is 27.1. The van der Waals surface area contributed by atoms with Gasteiger partial charge in [-0.3, -0.25) is 14.5 Å². The van der Waals surface area contributed by atoms with Crippen LogP contribution in [0, 0.1) is 11.8 Å². The zero-order valence-electron chi connectivity index (χ0n) is 17.6. The molecule has 1 saturated heterocycles. The normalized spacial score (nSPS) is 22.0. The third kappa shape index (κ3) is 8.06. The Kier molecular flexibility index (Phi) is 12.3. The molecule has 1 aliphatic carbocycles. The van der Waals surface area contributed by atoms with Gasteiger partial charge in [0, 0.05) is 17.3 Å². The summed E-state index contributed by atoms with van der Waals surface area (Å²) >= 11 is 0. The Labute approximate surface area is 192 Å². The maximum atomic E-state index is 12.5. The third-order valence-corrected chi connectivity index (χ3v) is 6.05. The first-order valence-electron chi connectivity index (χ1n) is 10.8. The maximum absolute atomic E-state index is 12.5.